The van der Waals surface area contributed by atoms with E-state index < -0.39 is 0 Å². The van der Waals surface area contributed by atoms with E-state index in [1.165, 1.54) is 18.4 Å². The third-order valence-electron chi connectivity index (χ3n) is 5.23. The van der Waals surface area contributed by atoms with Gasteiger partial charge in [-0.25, -0.2) is 0 Å². The first-order chi connectivity index (χ1) is 13.0. The molecule has 0 aliphatic carbocycles. The number of rotatable bonds is 9. The summed E-state index contributed by atoms with van der Waals surface area (Å²) in [5, 5.41) is 3.59. The van der Waals surface area contributed by atoms with Crippen LogP contribution in [-0.2, 0) is 11.3 Å². The second-order valence-electron chi connectivity index (χ2n) is 8.28. The fourth-order valence-electron chi connectivity index (χ4n) is 3.64. The van der Waals surface area contributed by atoms with Crippen LogP contribution >= 0.6 is 0 Å². The van der Waals surface area contributed by atoms with Crippen LogP contribution in [0.25, 0.3) is 0 Å². The molecule has 1 fully saturated rings. The maximum Gasteiger partial charge on any atom is 0.193 e. The van der Waals surface area contributed by atoms with Gasteiger partial charge in [0, 0.05) is 38.6 Å². The molecule has 0 bridgehead atoms. The largest absolute Gasteiger partial charge is 0.376 e. The van der Waals surface area contributed by atoms with Gasteiger partial charge in [0.25, 0.3) is 0 Å². The van der Waals surface area contributed by atoms with Gasteiger partial charge < -0.3 is 19.9 Å². The summed E-state index contributed by atoms with van der Waals surface area (Å²) < 4.78 is 5.95. The second-order valence-corrected chi connectivity index (χ2v) is 8.28. The van der Waals surface area contributed by atoms with Crippen LogP contribution in [0.2, 0.25) is 0 Å². The number of hydrogen-bond donors (Lipinski definition) is 1. The molecule has 0 aromatic heterocycles. The third-order valence-corrected chi connectivity index (χ3v) is 5.23. The fraction of sp³-hybridized carbons (Fsp3) is 0.682. The Morgan fingerprint density at radius 2 is 2.04 bits per heavy atom. The van der Waals surface area contributed by atoms with Crippen LogP contribution in [0.4, 0.5) is 0 Å². The van der Waals surface area contributed by atoms with E-state index in [1.807, 2.05) is 13.1 Å². The Balaban J connectivity index is 1.74. The molecule has 5 nitrogen and oxygen atoms in total. The SMILES string of the molecule is CN=C(NCC(CC(C)C)N(C)C)N1CCC(COCc2ccccc2)C1. The van der Waals surface area contributed by atoms with E-state index in [4.69, 9.17) is 4.74 Å². The lowest BCUT2D eigenvalue weighted by Gasteiger charge is -2.29. The Bertz CT molecular complexity index is 559. The number of ether oxygens (including phenoxy) is 1. The summed E-state index contributed by atoms with van der Waals surface area (Å²) in [7, 11) is 6.20. The minimum Gasteiger partial charge on any atom is -0.376 e. The number of guanidine groups is 1. The molecule has 2 unspecified atom stereocenters. The van der Waals surface area contributed by atoms with Crippen molar-refractivity contribution in [3.05, 3.63) is 35.9 Å². The van der Waals surface area contributed by atoms with Crippen LogP contribution in [-0.4, -0.2) is 69.2 Å². The molecule has 1 aliphatic rings. The lowest BCUT2D eigenvalue weighted by molar-refractivity contribution is 0.0906. The smallest absolute Gasteiger partial charge is 0.193 e. The highest BCUT2D eigenvalue weighted by Crippen LogP contribution is 2.17. The molecular formula is C22H38N4O. The molecule has 0 saturated carbocycles. The Labute approximate surface area is 165 Å². The molecule has 1 aromatic carbocycles. The number of nitrogens with one attached hydrogen (secondary N) is 1. The van der Waals surface area contributed by atoms with Crippen molar-refractivity contribution in [3.63, 3.8) is 0 Å². The Morgan fingerprint density at radius 1 is 1.30 bits per heavy atom. The van der Waals surface area contributed by atoms with E-state index in [1.54, 1.807) is 0 Å². The zero-order valence-corrected chi connectivity index (χ0v) is 17.8. The quantitative estimate of drug-likeness (QED) is 0.533. The molecule has 5 heteroatoms. The van der Waals surface area contributed by atoms with E-state index in [0.717, 1.165) is 32.2 Å². The van der Waals surface area contributed by atoms with Crippen molar-refractivity contribution in [1.29, 1.82) is 0 Å². The van der Waals surface area contributed by atoms with Gasteiger partial charge in [0.15, 0.2) is 5.96 Å². The third kappa shape index (κ3) is 7.51. The minimum atomic E-state index is 0.523. The number of aliphatic imine (C=N–C) groups is 1. The van der Waals surface area contributed by atoms with Crippen molar-refractivity contribution in [1.82, 2.24) is 15.1 Å². The predicted octanol–water partition coefficient (Wildman–Crippen LogP) is 3.08. The number of likely N-dealkylation sites (N-methyl/N-ethyl adjacent to an activating group) is 1. The first-order valence-electron chi connectivity index (χ1n) is 10.2. The van der Waals surface area contributed by atoms with E-state index >= 15 is 0 Å². The summed E-state index contributed by atoms with van der Waals surface area (Å²) in [6.07, 6.45) is 2.35. The van der Waals surface area contributed by atoms with E-state index in [-0.39, 0.29) is 0 Å². The van der Waals surface area contributed by atoms with Crippen LogP contribution in [0.5, 0.6) is 0 Å². The average Bonchev–Trinajstić information content (AvgIpc) is 3.10. The molecule has 1 aliphatic heterocycles. The molecule has 0 spiro atoms. The van der Waals surface area contributed by atoms with E-state index in [2.05, 4.69) is 72.3 Å². The second kappa shape index (κ2) is 11.3. The summed E-state index contributed by atoms with van der Waals surface area (Å²) in [6.45, 7) is 9.09. The molecule has 2 atom stereocenters. The monoisotopic (exact) mass is 374 g/mol. The summed E-state index contributed by atoms with van der Waals surface area (Å²) in [4.78, 5) is 9.20. The maximum atomic E-state index is 5.95. The van der Waals surface area contributed by atoms with Crippen LogP contribution in [0.15, 0.2) is 35.3 Å². The van der Waals surface area contributed by atoms with Crippen LogP contribution in [0.1, 0.15) is 32.3 Å². The Morgan fingerprint density at radius 3 is 2.67 bits per heavy atom. The fourth-order valence-corrected chi connectivity index (χ4v) is 3.64. The van der Waals surface area contributed by atoms with Crippen molar-refractivity contribution in [2.24, 2.45) is 16.8 Å². The molecule has 27 heavy (non-hydrogen) atoms. The Kier molecular flexibility index (Phi) is 9.08. The highest BCUT2D eigenvalue weighted by atomic mass is 16.5. The lowest BCUT2D eigenvalue weighted by Crippen LogP contribution is -2.46. The van der Waals surface area contributed by atoms with Crippen molar-refractivity contribution in [2.75, 3.05) is 47.4 Å². The van der Waals surface area contributed by atoms with Gasteiger partial charge in [-0.1, -0.05) is 44.2 Å². The van der Waals surface area contributed by atoms with Gasteiger partial charge in [0.05, 0.1) is 13.2 Å². The topological polar surface area (TPSA) is 40.1 Å². The van der Waals surface area contributed by atoms with Crippen LogP contribution in [0, 0.1) is 11.8 Å². The lowest BCUT2D eigenvalue weighted by atomic mass is 10.0. The minimum absolute atomic E-state index is 0.523. The Hall–Kier alpha value is -1.59. The van der Waals surface area contributed by atoms with Gasteiger partial charge in [-0.05, 0) is 38.4 Å². The van der Waals surface area contributed by atoms with Gasteiger partial charge >= 0.3 is 0 Å². The molecule has 152 valence electrons. The van der Waals surface area contributed by atoms with Crippen LogP contribution in [0.3, 0.4) is 0 Å². The molecular weight excluding hydrogens is 336 g/mol. The molecule has 1 N–H and O–H groups in total. The van der Waals surface area contributed by atoms with Crippen molar-refractivity contribution in [3.8, 4) is 0 Å². The van der Waals surface area contributed by atoms with E-state index in [0.29, 0.717) is 24.5 Å². The van der Waals surface area contributed by atoms with Gasteiger partial charge in [0.1, 0.15) is 0 Å². The van der Waals surface area contributed by atoms with Crippen molar-refractivity contribution < 1.29 is 4.74 Å². The molecule has 1 aromatic rings. The van der Waals surface area contributed by atoms with Gasteiger partial charge in [-0.15, -0.1) is 0 Å². The average molecular weight is 375 g/mol. The number of benzene rings is 1. The molecule has 2 rings (SSSR count). The van der Waals surface area contributed by atoms with Gasteiger partial charge in [-0.3, -0.25) is 4.99 Å². The van der Waals surface area contributed by atoms with Crippen LogP contribution < -0.4 is 5.32 Å². The van der Waals surface area contributed by atoms with Gasteiger partial charge in [-0.2, -0.15) is 0 Å². The van der Waals surface area contributed by atoms with Crippen molar-refractivity contribution in [2.45, 2.75) is 39.3 Å². The highest BCUT2D eigenvalue weighted by Gasteiger charge is 2.25. The number of hydrogen-bond acceptors (Lipinski definition) is 3. The number of likely N-dealkylation sites (tertiary alicyclic amines) is 1. The molecule has 1 saturated heterocycles. The zero-order chi connectivity index (χ0) is 19.6. The predicted molar refractivity (Wildman–Crippen MR) is 114 cm³/mol. The van der Waals surface area contributed by atoms with E-state index in [9.17, 15) is 0 Å². The highest BCUT2D eigenvalue weighted by molar-refractivity contribution is 5.80. The zero-order valence-electron chi connectivity index (χ0n) is 17.8. The summed E-state index contributed by atoms with van der Waals surface area (Å²) >= 11 is 0. The first kappa shape index (κ1) is 21.7. The first-order valence-corrected chi connectivity index (χ1v) is 10.2. The van der Waals surface area contributed by atoms with Gasteiger partial charge in [0.2, 0.25) is 0 Å². The summed E-state index contributed by atoms with van der Waals surface area (Å²) in [5.41, 5.74) is 1.24. The normalized spacial score (nSPS) is 19.1. The summed E-state index contributed by atoms with van der Waals surface area (Å²) in [5.74, 6) is 2.29. The molecule has 0 radical (unpaired) electrons. The number of nitrogens with zero attached hydrogens (tertiary/aromatic N) is 3. The van der Waals surface area contributed by atoms with Crippen molar-refractivity contribution >= 4 is 5.96 Å². The molecule has 0 amide bonds. The maximum absolute atomic E-state index is 5.95. The summed E-state index contributed by atoms with van der Waals surface area (Å²) in [6, 6.07) is 10.9. The standard InChI is InChI=1S/C22H38N4O/c1-18(2)13-21(25(4)5)14-24-22(23-3)26-12-11-20(15-26)17-27-16-19-9-7-6-8-10-19/h6-10,18,20-21H,11-17H2,1-5H3,(H,23,24). The molecule has 1 heterocycles.